The van der Waals surface area contributed by atoms with Gasteiger partial charge in [-0.3, -0.25) is 14.4 Å². The second kappa shape index (κ2) is 9.84. The van der Waals surface area contributed by atoms with Crippen molar-refractivity contribution in [3.05, 3.63) is 64.7 Å². The molecular weight excluding hydrogens is 482 g/mol. The van der Waals surface area contributed by atoms with E-state index in [9.17, 15) is 19.5 Å². The highest BCUT2D eigenvalue weighted by molar-refractivity contribution is 6.34. The molecule has 2 aromatic rings. The van der Waals surface area contributed by atoms with Crippen LogP contribution in [0, 0.1) is 18.8 Å². The summed E-state index contributed by atoms with van der Waals surface area (Å²) in [5, 5.41) is 15.7. The van der Waals surface area contributed by atoms with Gasteiger partial charge in [-0.15, -0.1) is 0 Å². The molecule has 8 nitrogen and oxygen atoms in total. The first-order valence-corrected chi connectivity index (χ1v) is 12.7. The molecule has 5 rings (SSSR count). The molecule has 2 bridgehead atoms. The minimum absolute atomic E-state index is 0.121. The number of amides is 3. The van der Waals surface area contributed by atoms with Crippen LogP contribution in [0.1, 0.15) is 30.4 Å². The summed E-state index contributed by atoms with van der Waals surface area (Å²) in [6.07, 6.45) is 0.992. The minimum Gasteiger partial charge on any atom is -0.396 e. The molecule has 9 heteroatoms. The normalized spacial score (nSPS) is 28.3. The Morgan fingerprint density at radius 3 is 2.67 bits per heavy atom. The van der Waals surface area contributed by atoms with Crippen molar-refractivity contribution in [2.75, 3.05) is 18.5 Å². The first-order chi connectivity index (χ1) is 17.4. The van der Waals surface area contributed by atoms with E-state index in [1.165, 1.54) is 4.90 Å². The lowest BCUT2D eigenvalue weighted by atomic mass is 9.70. The van der Waals surface area contributed by atoms with Crippen molar-refractivity contribution in [1.82, 2.24) is 10.2 Å². The van der Waals surface area contributed by atoms with Gasteiger partial charge in [0.15, 0.2) is 0 Å². The number of nitrogens with zero attached hydrogens (tertiary/aromatic N) is 1. The van der Waals surface area contributed by atoms with Gasteiger partial charge >= 0.3 is 0 Å². The van der Waals surface area contributed by atoms with E-state index in [0.29, 0.717) is 36.5 Å². The van der Waals surface area contributed by atoms with Crippen LogP contribution < -0.4 is 10.6 Å². The van der Waals surface area contributed by atoms with Gasteiger partial charge in [0.05, 0.1) is 28.6 Å². The van der Waals surface area contributed by atoms with Crippen LogP contribution in [-0.2, 0) is 25.7 Å². The van der Waals surface area contributed by atoms with E-state index >= 15 is 0 Å². The predicted octanol–water partition coefficient (Wildman–Crippen LogP) is 2.66. The largest absolute Gasteiger partial charge is 0.396 e. The van der Waals surface area contributed by atoms with Crippen LogP contribution in [0.3, 0.4) is 0 Å². The average molecular weight is 512 g/mol. The van der Waals surface area contributed by atoms with Crippen molar-refractivity contribution in [3.8, 4) is 0 Å². The number of likely N-dealkylation sites (tertiary alicyclic amines) is 1. The molecule has 3 saturated heterocycles. The van der Waals surface area contributed by atoms with E-state index in [4.69, 9.17) is 16.3 Å². The highest BCUT2D eigenvalue weighted by atomic mass is 35.5. The average Bonchev–Trinajstić information content (AvgIpc) is 3.51. The Bertz CT molecular complexity index is 1160. The third-order valence-corrected chi connectivity index (χ3v) is 8.00. The van der Waals surface area contributed by atoms with Gasteiger partial charge in [-0.2, -0.15) is 0 Å². The topological polar surface area (TPSA) is 108 Å². The lowest BCUT2D eigenvalue weighted by molar-refractivity contribution is -0.141. The standard InChI is InChI=1S/C27H30ClN3O5/c1-16-7-5-10-18(28)22(16)30-25(34)23-27-12-11-19(36-27)20(21(27)26(35)31(23)13-6-14-32)24(33)29-15-17-8-3-2-4-9-17/h2-5,7-10,19-21,23,32H,6,11-15H2,1H3,(H,29,33)(H,30,34)/t19-,20+,21+,23?,27?/m1/s1. The summed E-state index contributed by atoms with van der Waals surface area (Å²) in [6.45, 7) is 2.26. The van der Waals surface area contributed by atoms with E-state index in [-0.39, 0.29) is 25.0 Å². The van der Waals surface area contributed by atoms with Gasteiger partial charge in [0.1, 0.15) is 11.6 Å². The zero-order valence-corrected chi connectivity index (χ0v) is 20.8. The minimum atomic E-state index is -1.09. The summed E-state index contributed by atoms with van der Waals surface area (Å²) in [5.74, 6) is -2.35. The number of ether oxygens (including phenoxy) is 1. The highest BCUT2D eigenvalue weighted by Gasteiger charge is 2.74. The van der Waals surface area contributed by atoms with Gasteiger partial charge in [-0.25, -0.2) is 0 Å². The van der Waals surface area contributed by atoms with Gasteiger partial charge in [0, 0.05) is 19.7 Å². The Morgan fingerprint density at radius 2 is 1.94 bits per heavy atom. The van der Waals surface area contributed by atoms with Gasteiger partial charge in [0.25, 0.3) is 0 Å². The van der Waals surface area contributed by atoms with Crippen LogP contribution in [0.25, 0.3) is 0 Å². The number of aliphatic hydroxyl groups is 1. The lowest BCUT2D eigenvalue weighted by Crippen LogP contribution is -2.53. The Morgan fingerprint density at radius 1 is 1.17 bits per heavy atom. The Hall–Kier alpha value is -2.94. The molecule has 0 aromatic heterocycles. The third-order valence-electron chi connectivity index (χ3n) is 7.69. The van der Waals surface area contributed by atoms with Crippen molar-refractivity contribution in [3.63, 3.8) is 0 Å². The number of hydrogen-bond acceptors (Lipinski definition) is 5. The highest BCUT2D eigenvalue weighted by Crippen LogP contribution is 2.58. The number of carbonyl (C=O) groups excluding carboxylic acids is 3. The summed E-state index contributed by atoms with van der Waals surface area (Å²) >= 11 is 6.35. The number of aryl methyl sites for hydroxylation is 1. The zero-order valence-electron chi connectivity index (χ0n) is 20.1. The Labute approximate surface area is 215 Å². The fourth-order valence-corrected chi connectivity index (χ4v) is 6.39. The lowest BCUT2D eigenvalue weighted by Gasteiger charge is -2.33. The molecule has 5 atom stereocenters. The molecule has 3 amide bonds. The van der Waals surface area contributed by atoms with Crippen molar-refractivity contribution in [2.24, 2.45) is 11.8 Å². The molecule has 2 aromatic carbocycles. The van der Waals surface area contributed by atoms with Gasteiger partial charge in [-0.05, 0) is 43.4 Å². The predicted molar refractivity (Wildman–Crippen MR) is 134 cm³/mol. The van der Waals surface area contributed by atoms with E-state index in [1.54, 1.807) is 12.1 Å². The molecule has 0 saturated carbocycles. The van der Waals surface area contributed by atoms with Gasteiger partial charge < -0.3 is 25.4 Å². The molecule has 0 aliphatic carbocycles. The van der Waals surface area contributed by atoms with Crippen LogP contribution >= 0.6 is 11.6 Å². The molecule has 3 fully saturated rings. The molecule has 190 valence electrons. The molecule has 3 aliphatic heterocycles. The number of carbonyl (C=O) groups is 3. The first kappa shape index (κ1) is 24.7. The van der Waals surface area contributed by atoms with Gasteiger partial charge in [0.2, 0.25) is 17.7 Å². The fraction of sp³-hybridized carbons (Fsp3) is 0.444. The maximum absolute atomic E-state index is 13.7. The molecule has 36 heavy (non-hydrogen) atoms. The number of halogens is 1. The molecule has 3 heterocycles. The van der Waals surface area contributed by atoms with Crippen molar-refractivity contribution >= 4 is 35.0 Å². The second-order valence-corrected chi connectivity index (χ2v) is 10.2. The number of benzene rings is 2. The molecular formula is C27H30ClN3O5. The van der Waals surface area contributed by atoms with E-state index < -0.39 is 35.5 Å². The number of anilines is 1. The molecule has 1 spiro atoms. The number of rotatable bonds is 8. The monoisotopic (exact) mass is 511 g/mol. The second-order valence-electron chi connectivity index (χ2n) is 9.79. The Balaban J connectivity index is 1.43. The summed E-state index contributed by atoms with van der Waals surface area (Å²) in [7, 11) is 0. The van der Waals surface area contributed by atoms with Crippen LogP contribution in [0.2, 0.25) is 5.02 Å². The van der Waals surface area contributed by atoms with E-state index in [1.807, 2.05) is 43.3 Å². The summed E-state index contributed by atoms with van der Waals surface area (Å²) < 4.78 is 6.40. The maximum atomic E-state index is 13.7. The summed E-state index contributed by atoms with van der Waals surface area (Å²) in [6, 6.07) is 14.0. The van der Waals surface area contributed by atoms with Crippen LogP contribution in [-0.4, -0.2) is 58.6 Å². The number of para-hydroxylation sites is 1. The maximum Gasteiger partial charge on any atom is 0.250 e. The van der Waals surface area contributed by atoms with Crippen molar-refractivity contribution in [2.45, 2.75) is 50.5 Å². The van der Waals surface area contributed by atoms with Crippen LogP contribution in [0.4, 0.5) is 5.69 Å². The SMILES string of the molecule is Cc1cccc(Cl)c1NC(=O)C1N(CCCO)C(=O)[C@@H]2[C@@H](C(=O)NCc3ccccc3)[C@H]3CCC12O3. The molecule has 3 N–H and O–H groups in total. The first-order valence-electron chi connectivity index (χ1n) is 12.3. The molecule has 0 radical (unpaired) electrons. The smallest absolute Gasteiger partial charge is 0.250 e. The fourth-order valence-electron chi connectivity index (χ4n) is 6.12. The Kier molecular flexibility index (Phi) is 6.76. The van der Waals surface area contributed by atoms with Crippen LogP contribution in [0.15, 0.2) is 48.5 Å². The van der Waals surface area contributed by atoms with Crippen LogP contribution in [0.5, 0.6) is 0 Å². The van der Waals surface area contributed by atoms with E-state index in [0.717, 1.165) is 11.1 Å². The van der Waals surface area contributed by atoms with Gasteiger partial charge in [-0.1, -0.05) is 54.1 Å². The summed E-state index contributed by atoms with van der Waals surface area (Å²) in [4.78, 5) is 42.3. The summed E-state index contributed by atoms with van der Waals surface area (Å²) in [5.41, 5.74) is 1.15. The van der Waals surface area contributed by atoms with Crippen molar-refractivity contribution < 1.29 is 24.2 Å². The number of nitrogens with one attached hydrogen (secondary N) is 2. The van der Waals surface area contributed by atoms with Crippen molar-refractivity contribution in [1.29, 1.82) is 0 Å². The van der Waals surface area contributed by atoms with E-state index in [2.05, 4.69) is 10.6 Å². The zero-order chi connectivity index (χ0) is 25.4. The third kappa shape index (κ3) is 4.07. The number of hydrogen-bond donors (Lipinski definition) is 3. The number of aliphatic hydroxyl groups excluding tert-OH is 1. The number of fused-ring (bicyclic) bond motifs is 1. The molecule has 3 aliphatic rings. The quantitative estimate of drug-likeness (QED) is 0.505. The molecule has 2 unspecified atom stereocenters.